The monoisotopic (exact) mass is 252 g/mol. The third-order valence-corrected chi connectivity index (χ3v) is 4.74. The summed E-state index contributed by atoms with van der Waals surface area (Å²) in [5.41, 5.74) is 5.58. The van der Waals surface area contributed by atoms with Gasteiger partial charge in [-0.3, -0.25) is 14.5 Å². The lowest BCUT2D eigenvalue weighted by Crippen LogP contribution is -2.62. The Kier molecular flexibility index (Phi) is 4.05. The molecule has 2 unspecified atom stereocenters. The molecule has 0 aromatic rings. The smallest absolute Gasteiger partial charge is 0.229 e. The Morgan fingerprint density at radius 1 is 1.17 bits per heavy atom. The van der Waals surface area contributed by atoms with Gasteiger partial charge in [-0.05, 0) is 31.6 Å². The fraction of sp³-hybridized carbons (Fsp3) is 0.857. The van der Waals surface area contributed by atoms with Gasteiger partial charge in [-0.15, -0.1) is 0 Å². The van der Waals surface area contributed by atoms with Crippen LogP contribution in [-0.2, 0) is 9.59 Å². The van der Waals surface area contributed by atoms with E-state index in [0.717, 1.165) is 32.1 Å². The van der Waals surface area contributed by atoms with Gasteiger partial charge in [-0.2, -0.15) is 0 Å². The van der Waals surface area contributed by atoms with Crippen LogP contribution in [-0.4, -0.2) is 28.8 Å². The molecule has 18 heavy (non-hydrogen) atoms. The zero-order valence-electron chi connectivity index (χ0n) is 11.3. The third-order valence-electron chi connectivity index (χ3n) is 4.74. The molecule has 0 radical (unpaired) electrons. The molecular formula is C14H24N2O2. The number of carbonyl (C=O) groups excluding carboxylic acids is 2. The number of carbonyl (C=O) groups is 2. The van der Waals surface area contributed by atoms with E-state index in [1.165, 1.54) is 6.42 Å². The minimum atomic E-state index is -0.406. The first-order chi connectivity index (χ1) is 8.62. The summed E-state index contributed by atoms with van der Waals surface area (Å²) in [5, 5.41) is 0. The van der Waals surface area contributed by atoms with Crippen LogP contribution in [0.25, 0.3) is 0 Å². The minimum Gasteiger partial charge on any atom is -0.328 e. The van der Waals surface area contributed by atoms with Crippen molar-refractivity contribution in [1.82, 2.24) is 4.90 Å². The summed E-state index contributed by atoms with van der Waals surface area (Å²) >= 11 is 0. The lowest BCUT2D eigenvalue weighted by molar-refractivity contribution is -0.155. The topological polar surface area (TPSA) is 63.4 Å². The molecule has 102 valence electrons. The SMILES string of the molecule is CC1CCCCC1(CN)N1C(=O)CCCCC1=O. The number of hydrogen-bond donors (Lipinski definition) is 1. The molecule has 4 heteroatoms. The predicted octanol–water partition coefficient (Wildman–Crippen LogP) is 1.82. The number of likely N-dealkylation sites (tertiary alicyclic amines) is 1. The first-order valence-corrected chi connectivity index (χ1v) is 7.18. The molecule has 0 aromatic carbocycles. The standard InChI is InChI=1S/C14H24N2O2/c1-11-6-4-5-9-14(11,10-15)16-12(17)7-2-3-8-13(16)18/h11H,2-10,15H2,1H3. The molecule has 1 heterocycles. The van der Waals surface area contributed by atoms with Gasteiger partial charge in [0, 0.05) is 19.4 Å². The Hall–Kier alpha value is -0.900. The van der Waals surface area contributed by atoms with Gasteiger partial charge in [0.15, 0.2) is 0 Å². The maximum Gasteiger partial charge on any atom is 0.229 e. The maximum absolute atomic E-state index is 12.3. The molecule has 1 aliphatic carbocycles. The Labute approximate surface area is 109 Å². The van der Waals surface area contributed by atoms with E-state index in [9.17, 15) is 9.59 Å². The Balaban J connectivity index is 2.33. The van der Waals surface area contributed by atoms with Crippen molar-refractivity contribution in [2.75, 3.05) is 6.54 Å². The van der Waals surface area contributed by atoms with Gasteiger partial charge in [-0.1, -0.05) is 19.8 Å². The van der Waals surface area contributed by atoms with Gasteiger partial charge in [0.1, 0.15) is 0 Å². The molecule has 2 N–H and O–H groups in total. The van der Waals surface area contributed by atoms with E-state index < -0.39 is 5.54 Å². The summed E-state index contributed by atoms with van der Waals surface area (Å²) in [5.74, 6) is 0.315. The number of nitrogens with two attached hydrogens (primary N) is 1. The van der Waals surface area contributed by atoms with Crippen molar-refractivity contribution in [3.63, 3.8) is 0 Å². The molecule has 1 aliphatic heterocycles. The minimum absolute atomic E-state index is 0.00306. The summed E-state index contributed by atoms with van der Waals surface area (Å²) in [6, 6.07) is 0. The van der Waals surface area contributed by atoms with Crippen molar-refractivity contribution in [1.29, 1.82) is 0 Å². The number of rotatable bonds is 2. The van der Waals surface area contributed by atoms with Crippen LogP contribution in [0.1, 0.15) is 58.3 Å². The van der Waals surface area contributed by atoms with Crippen molar-refractivity contribution < 1.29 is 9.59 Å². The van der Waals surface area contributed by atoms with E-state index in [2.05, 4.69) is 6.92 Å². The number of nitrogens with zero attached hydrogens (tertiary/aromatic N) is 1. The zero-order valence-corrected chi connectivity index (χ0v) is 11.3. The van der Waals surface area contributed by atoms with Crippen LogP contribution in [0.5, 0.6) is 0 Å². The molecule has 1 saturated carbocycles. The molecule has 0 aromatic heterocycles. The fourth-order valence-electron chi connectivity index (χ4n) is 3.54. The van der Waals surface area contributed by atoms with Crippen LogP contribution in [0.4, 0.5) is 0 Å². The molecule has 0 bridgehead atoms. The Bertz CT molecular complexity index is 325. The van der Waals surface area contributed by atoms with Gasteiger partial charge in [0.25, 0.3) is 0 Å². The third kappa shape index (κ3) is 2.18. The van der Waals surface area contributed by atoms with Crippen LogP contribution in [0.2, 0.25) is 0 Å². The lowest BCUT2D eigenvalue weighted by atomic mass is 9.72. The quantitative estimate of drug-likeness (QED) is 0.762. The van der Waals surface area contributed by atoms with Crippen molar-refractivity contribution in [2.45, 2.75) is 63.8 Å². The van der Waals surface area contributed by atoms with E-state index in [0.29, 0.717) is 25.3 Å². The largest absolute Gasteiger partial charge is 0.328 e. The number of hydrogen-bond acceptors (Lipinski definition) is 3. The molecule has 2 fully saturated rings. The first-order valence-electron chi connectivity index (χ1n) is 7.18. The second-order valence-electron chi connectivity index (χ2n) is 5.78. The fourth-order valence-corrected chi connectivity index (χ4v) is 3.54. The predicted molar refractivity (Wildman–Crippen MR) is 69.7 cm³/mol. The summed E-state index contributed by atoms with van der Waals surface area (Å²) in [6.07, 6.45) is 6.85. The van der Waals surface area contributed by atoms with Gasteiger partial charge in [0.2, 0.25) is 11.8 Å². The van der Waals surface area contributed by atoms with E-state index >= 15 is 0 Å². The van der Waals surface area contributed by atoms with Crippen LogP contribution >= 0.6 is 0 Å². The molecule has 2 rings (SSSR count). The second-order valence-corrected chi connectivity index (χ2v) is 5.78. The molecule has 2 atom stereocenters. The highest BCUT2D eigenvalue weighted by molar-refractivity contribution is 5.97. The maximum atomic E-state index is 12.3. The van der Waals surface area contributed by atoms with Crippen molar-refractivity contribution in [2.24, 2.45) is 11.7 Å². The van der Waals surface area contributed by atoms with Crippen molar-refractivity contribution in [3.05, 3.63) is 0 Å². The highest BCUT2D eigenvalue weighted by Gasteiger charge is 2.47. The van der Waals surface area contributed by atoms with Crippen LogP contribution in [0, 0.1) is 5.92 Å². The van der Waals surface area contributed by atoms with Crippen LogP contribution in [0.15, 0.2) is 0 Å². The van der Waals surface area contributed by atoms with E-state index in [4.69, 9.17) is 5.73 Å². The normalized spacial score (nSPS) is 34.6. The number of amides is 2. The summed E-state index contributed by atoms with van der Waals surface area (Å²) in [4.78, 5) is 26.1. The zero-order chi connectivity index (χ0) is 13.2. The van der Waals surface area contributed by atoms with Crippen LogP contribution in [0.3, 0.4) is 0 Å². The summed E-state index contributed by atoms with van der Waals surface area (Å²) in [6.45, 7) is 2.54. The molecule has 1 saturated heterocycles. The second kappa shape index (κ2) is 5.39. The van der Waals surface area contributed by atoms with E-state index in [1.807, 2.05) is 0 Å². The molecule has 2 amide bonds. The van der Waals surface area contributed by atoms with E-state index in [-0.39, 0.29) is 11.8 Å². The van der Waals surface area contributed by atoms with Crippen molar-refractivity contribution in [3.8, 4) is 0 Å². The summed E-state index contributed by atoms with van der Waals surface area (Å²) < 4.78 is 0. The average molecular weight is 252 g/mol. The molecule has 4 nitrogen and oxygen atoms in total. The molecular weight excluding hydrogens is 228 g/mol. The van der Waals surface area contributed by atoms with Crippen LogP contribution < -0.4 is 5.73 Å². The van der Waals surface area contributed by atoms with Gasteiger partial charge < -0.3 is 5.73 Å². The Morgan fingerprint density at radius 3 is 2.28 bits per heavy atom. The average Bonchev–Trinajstić information content (AvgIpc) is 2.53. The van der Waals surface area contributed by atoms with Gasteiger partial charge in [0.05, 0.1) is 5.54 Å². The number of imide groups is 1. The highest BCUT2D eigenvalue weighted by Crippen LogP contribution is 2.39. The van der Waals surface area contributed by atoms with Gasteiger partial charge in [-0.25, -0.2) is 0 Å². The van der Waals surface area contributed by atoms with Crippen molar-refractivity contribution >= 4 is 11.8 Å². The summed E-state index contributed by atoms with van der Waals surface area (Å²) in [7, 11) is 0. The van der Waals surface area contributed by atoms with Gasteiger partial charge >= 0.3 is 0 Å². The first kappa shape index (κ1) is 13.5. The molecule has 0 spiro atoms. The Morgan fingerprint density at radius 2 is 1.78 bits per heavy atom. The molecule has 2 aliphatic rings. The van der Waals surface area contributed by atoms with E-state index in [1.54, 1.807) is 4.90 Å². The lowest BCUT2D eigenvalue weighted by Gasteiger charge is -2.48. The highest BCUT2D eigenvalue weighted by atomic mass is 16.2.